The van der Waals surface area contributed by atoms with E-state index in [4.69, 9.17) is 5.73 Å². The second-order valence-corrected chi connectivity index (χ2v) is 6.17. The van der Waals surface area contributed by atoms with Crippen LogP contribution in [0.2, 0.25) is 0 Å². The van der Waals surface area contributed by atoms with Crippen LogP contribution in [0.1, 0.15) is 36.2 Å². The normalized spacial score (nSPS) is 13.9. The van der Waals surface area contributed by atoms with Crippen LogP contribution in [-0.4, -0.2) is 12.1 Å². The Bertz CT molecular complexity index is 799. The van der Waals surface area contributed by atoms with E-state index >= 15 is 0 Å². The summed E-state index contributed by atoms with van der Waals surface area (Å²) in [5.74, 6) is 1.10. The number of fused-ring (bicyclic) bond motifs is 1. The molecule has 1 aliphatic rings. The van der Waals surface area contributed by atoms with Gasteiger partial charge in [0.25, 0.3) is 0 Å². The Balaban J connectivity index is 2.05. The highest BCUT2D eigenvalue weighted by Crippen LogP contribution is 2.33. The molecule has 0 amide bonds. The van der Waals surface area contributed by atoms with Crippen molar-refractivity contribution in [3.05, 3.63) is 59.2 Å². The number of carbonyl (C=O) groups excluding carboxylic acids is 1. The van der Waals surface area contributed by atoms with Crippen molar-refractivity contribution < 1.29 is 4.79 Å². The SMILES string of the molecule is CC(C)C1=Cc2ccc(-c3ccc(C=O)cc3)cc2N=C(N)C1. The molecule has 3 rings (SSSR count). The number of hydrogen-bond acceptors (Lipinski definition) is 3. The summed E-state index contributed by atoms with van der Waals surface area (Å²) < 4.78 is 0. The second-order valence-electron chi connectivity index (χ2n) is 6.17. The van der Waals surface area contributed by atoms with E-state index in [-0.39, 0.29) is 0 Å². The molecule has 0 fully saturated rings. The van der Waals surface area contributed by atoms with E-state index in [1.165, 1.54) is 5.57 Å². The Morgan fingerprint density at radius 1 is 1.09 bits per heavy atom. The molecule has 0 saturated carbocycles. The first-order valence-corrected chi connectivity index (χ1v) is 7.80. The monoisotopic (exact) mass is 304 g/mol. The molecule has 2 aromatic carbocycles. The number of hydrogen-bond donors (Lipinski definition) is 1. The van der Waals surface area contributed by atoms with Crippen LogP contribution in [0.25, 0.3) is 17.2 Å². The Morgan fingerprint density at radius 3 is 2.43 bits per heavy atom. The molecule has 23 heavy (non-hydrogen) atoms. The number of nitrogens with zero attached hydrogens (tertiary/aromatic N) is 1. The molecular formula is C20H20N2O. The molecule has 0 aromatic heterocycles. The summed E-state index contributed by atoms with van der Waals surface area (Å²) in [6.45, 7) is 4.35. The average Bonchev–Trinajstić information content (AvgIpc) is 2.72. The van der Waals surface area contributed by atoms with Crippen molar-refractivity contribution in [3.63, 3.8) is 0 Å². The maximum absolute atomic E-state index is 10.8. The van der Waals surface area contributed by atoms with Crippen LogP contribution in [0.5, 0.6) is 0 Å². The van der Waals surface area contributed by atoms with Gasteiger partial charge in [-0.2, -0.15) is 0 Å². The summed E-state index contributed by atoms with van der Waals surface area (Å²) >= 11 is 0. The Labute approximate surface area is 136 Å². The summed E-state index contributed by atoms with van der Waals surface area (Å²) in [5, 5.41) is 0. The van der Waals surface area contributed by atoms with E-state index in [2.05, 4.69) is 43.1 Å². The maximum atomic E-state index is 10.8. The van der Waals surface area contributed by atoms with E-state index in [1.807, 2.05) is 24.3 Å². The van der Waals surface area contributed by atoms with E-state index < -0.39 is 0 Å². The topological polar surface area (TPSA) is 55.5 Å². The van der Waals surface area contributed by atoms with Gasteiger partial charge in [-0.05, 0) is 23.1 Å². The fourth-order valence-electron chi connectivity index (χ4n) is 2.72. The summed E-state index contributed by atoms with van der Waals surface area (Å²) in [6, 6.07) is 13.8. The molecule has 1 aliphatic heterocycles. The highest BCUT2D eigenvalue weighted by molar-refractivity contribution is 5.91. The molecule has 0 aliphatic carbocycles. The zero-order valence-corrected chi connectivity index (χ0v) is 13.4. The highest BCUT2D eigenvalue weighted by atomic mass is 16.1. The molecule has 2 N–H and O–H groups in total. The van der Waals surface area contributed by atoms with Crippen molar-refractivity contribution in [2.45, 2.75) is 20.3 Å². The van der Waals surface area contributed by atoms with Gasteiger partial charge in [-0.1, -0.05) is 61.9 Å². The van der Waals surface area contributed by atoms with Crippen molar-refractivity contribution in [1.82, 2.24) is 0 Å². The average molecular weight is 304 g/mol. The smallest absolute Gasteiger partial charge is 0.150 e. The zero-order valence-electron chi connectivity index (χ0n) is 13.4. The molecule has 0 unspecified atom stereocenters. The number of amidine groups is 1. The Morgan fingerprint density at radius 2 is 1.78 bits per heavy atom. The van der Waals surface area contributed by atoms with Crippen LogP contribution in [0, 0.1) is 5.92 Å². The third kappa shape index (κ3) is 3.24. The van der Waals surface area contributed by atoms with Crippen molar-refractivity contribution in [2.75, 3.05) is 0 Å². The largest absolute Gasteiger partial charge is 0.387 e. The van der Waals surface area contributed by atoms with E-state index in [0.29, 0.717) is 17.3 Å². The minimum atomic E-state index is 0.449. The summed E-state index contributed by atoms with van der Waals surface area (Å²) in [5.41, 5.74) is 12.2. The molecule has 0 radical (unpaired) electrons. The maximum Gasteiger partial charge on any atom is 0.150 e. The number of aldehydes is 1. The van der Waals surface area contributed by atoms with Crippen LogP contribution >= 0.6 is 0 Å². The van der Waals surface area contributed by atoms with E-state index in [9.17, 15) is 4.79 Å². The number of aliphatic imine (C=N–C) groups is 1. The van der Waals surface area contributed by atoms with Gasteiger partial charge in [-0.25, -0.2) is 4.99 Å². The molecule has 0 atom stereocenters. The predicted octanol–water partition coefficient (Wildman–Crippen LogP) is 4.60. The van der Waals surface area contributed by atoms with Gasteiger partial charge < -0.3 is 5.73 Å². The fourth-order valence-corrected chi connectivity index (χ4v) is 2.72. The number of carbonyl (C=O) groups is 1. The van der Waals surface area contributed by atoms with Gasteiger partial charge in [0.15, 0.2) is 0 Å². The standard InChI is InChI=1S/C20H20N2O/c1-13(2)18-9-17-8-7-16(10-19(17)22-20(21)11-18)15-5-3-14(12-23)4-6-15/h3-10,12-13H,11H2,1-2H3,(H2,21,22). The lowest BCUT2D eigenvalue weighted by atomic mass is 9.96. The van der Waals surface area contributed by atoms with Gasteiger partial charge in [-0.15, -0.1) is 0 Å². The summed E-state index contributed by atoms with van der Waals surface area (Å²) in [4.78, 5) is 15.3. The first-order chi connectivity index (χ1) is 11.1. The fraction of sp³-hybridized carbons (Fsp3) is 0.200. The first kappa shape index (κ1) is 15.2. The molecule has 0 bridgehead atoms. The molecule has 1 heterocycles. The molecule has 2 aromatic rings. The lowest BCUT2D eigenvalue weighted by molar-refractivity contribution is 0.112. The van der Waals surface area contributed by atoms with Crippen molar-refractivity contribution in [3.8, 4) is 11.1 Å². The molecule has 3 heteroatoms. The van der Waals surface area contributed by atoms with Gasteiger partial charge in [0.05, 0.1) is 5.69 Å². The quantitative estimate of drug-likeness (QED) is 0.843. The summed E-state index contributed by atoms with van der Waals surface area (Å²) in [7, 11) is 0. The minimum Gasteiger partial charge on any atom is -0.387 e. The van der Waals surface area contributed by atoms with Gasteiger partial charge >= 0.3 is 0 Å². The van der Waals surface area contributed by atoms with Gasteiger partial charge in [0, 0.05) is 17.5 Å². The molecule has 0 spiro atoms. The Hall–Kier alpha value is -2.68. The zero-order chi connectivity index (χ0) is 16.4. The number of rotatable bonds is 3. The van der Waals surface area contributed by atoms with Crippen LogP contribution in [0.15, 0.2) is 53.0 Å². The number of nitrogens with two attached hydrogens (primary N) is 1. The molecule has 3 nitrogen and oxygen atoms in total. The second kappa shape index (κ2) is 6.21. The first-order valence-electron chi connectivity index (χ1n) is 7.80. The molecule has 0 saturated heterocycles. The van der Waals surface area contributed by atoms with Crippen LogP contribution in [0.4, 0.5) is 5.69 Å². The van der Waals surface area contributed by atoms with Crippen molar-refractivity contribution in [2.24, 2.45) is 16.6 Å². The molecule has 116 valence electrons. The highest BCUT2D eigenvalue weighted by Gasteiger charge is 2.13. The lowest BCUT2D eigenvalue weighted by Gasteiger charge is -2.09. The third-order valence-electron chi connectivity index (χ3n) is 4.14. The van der Waals surface area contributed by atoms with Crippen LogP contribution in [0.3, 0.4) is 0 Å². The summed E-state index contributed by atoms with van der Waals surface area (Å²) in [6.07, 6.45) is 3.77. The van der Waals surface area contributed by atoms with Gasteiger partial charge in [-0.3, -0.25) is 4.79 Å². The van der Waals surface area contributed by atoms with Crippen molar-refractivity contribution in [1.29, 1.82) is 0 Å². The lowest BCUT2D eigenvalue weighted by Crippen LogP contribution is -2.12. The van der Waals surface area contributed by atoms with E-state index in [1.54, 1.807) is 0 Å². The van der Waals surface area contributed by atoms with Crippen molar-refractivity contribution >= 4 is 23.9 Å². The molecular weight excluding hydrogens is 284 g/mol. The number of benzene rings is 2. The van der Waals surface area contributed by atoms with Gasteiger partial charge in [0.2, 0.25) is 0 Å². The van der Waals surface area contributed by atoms with Crippen LogP contribution in [-0.2, 0) is 0 Å². The Kier molecular flexibility index (Phi) is 4.11. The third-order valence-corrected chi connectivity index (χ3v) is 4.14. The van der Waals surface area contributed by atoms with E-state index in [0.717, 1.165) is 35.1 Å². The van der Waals surface area contributed by atoms with Gasteiger partial charge in [0.1, 0.15) is 12.1 Å². The minimum absolute atomic E-state index is 0.449. The predicted molar refractivity (Wildman–Crippen MR) is 96.0 cm³/mol. The van der Waals surface area contributed by atoms with Crippen LogP contribution < -0.4 is 5.73 Å².